The van der Waals surface area contributed by atoms with Crippen molar-refractivity contribution >= 4 is 5.91 Å². The molecule has 1 aromatic rings. The quantitative estimate of drug-likeness (QED) is 0.722. The second-order valence-electron chi connectivity index (χ2n) is 5.93. The molecule has 3 rings (SSSR count). The van der Waals surface area contributed by atoms with Crippen LogP contribution in [0.1, 0.15) is 18.0 Å². The Labute approximate surface area is 135 Å². The van der Waals surface area contributed by atoms with Crippen LogP contribution in [0.5, 0.6) is 0 Å². The molecule has 1 amide bonds. The zero-order chi connectivity index (χ0) is 16.1. The summed E-state index contributed by atoms with van der Waals surface area (Å²) < 4.78 is 18.3. The molecule has 0 radical (unpaired) electrons. The number of hydrogen-bond acceptors (Lipinski definition) is 5. The molecule has 2 aliphatic heterocycles. The lowest BCUT2D eigenvalue weighted by molar-refractivity contribution is -0.123. The predicted molar refractivity (Wildman–Crippen MR) is 84.1 cm³/mol. The van der Waals surface area contributed by atoms with Gasteiger partial charge in [0.25, 0.3) is 0 Å². The van der Waals surface area contributed by atoms with Crippen LogP contribution in [-0.4, -0.2) is 56.2 Å². The summed E-state index contributed by atoms with van der Waals surface area (Å²) in [5.41, 5.74) is 7.10. The molecule has 0 aliphatic carbocycles. The topological polar surface area (TPSA) is 65.6 Å². The second kappa shape index (κ2) is 7.83. The number of halogens is 1. The van der Waals surface area contributed by atoms with Crippen molar-refractivity contribution in [3.05, 3.63) is 35.6 Å². The van der Waals surface area contributed by atoms with Crippen LogP contribution in [0, 0.1) is 5.82 Å². The van der Waals surface area contributed by atoms with E-state index in [0.29, 0.717) is 13.0 Å². The molecular formula is C16H23FN4O2. The van der Waals surface area contributed by atoms with Gasteiger partial charge in [0.05, 0.1) is 13.2 Å². The van der Waals surface area contributed by atoms with Gasteiger partial charge < -0.3 is 10.1 Å². The lowest BCUT2D eigenvalue weighted by Gasteiger charge is -2.26. The molecule has 2 saturated heterocycles. The van der Waals surface area contributed by atoms with Crippen LogP contribution in [0.15, 0.2) is 24.3 Å². The Kier molecular flexibility index (Phi) is 5.56. The summed E-state index contributed by atoms with van der Waals surface area (Å²) in [5, 5.41) is 2.97. The lowest BCUT2D eigenvalue weighted by atomic mass is 10.0. The number of carbonyl (C=O) groups is 1. The SMILES string of the molecule is O=C(NCCN1CCOCC1)C1CC(c2ccc(F)cc2)NN1. The van der Waals surface area contributed by atoms with Gasteiger partial charge in [0, 0.05) is 32.2 Å². The average molecular weight is 322 g/mol. The fourth-order valence-corrected chi connectivity index (χ4v) is 2.93. The van der Waals surface area contributed by atoms with E-state index >= 15 is 0 Å². The molecule has 2 atom stereocenters. The number of ether oxygens (including phenoxy) is 1. The third kappa shape index (κ3) is 4.48. The Morgan fingerprint density at radius 1 is 1.26 bits per heavy atom. The Morgan fingerprint density at radius 3 is 2.74 bits per heavy atom. The molecule has 2 heterocycles. The zero-order valence-electron chi connectivity index (χ0n) is 13.1. The number of nitrogens with one attached hydrogen (secondary N) is 3. The maximum absolute atomic E-state index is 13.0. The highest BCUT2D eigenvalue weighted by Gasteiger charge is 2.29. The third-order valence-corrected chi connectivity index (χ3v) is 4.32. The first-order valence-corrected chi connectivity index (χ1v) is 8.07. The van der Waals surface area contributed by atoms with Crippen molar-refractivity contribution in [2.45, 2.75) is 18.5 Å². The molecule has 126 valence electrons. The molecule has 3 N–H and O–H groups in total. The van der Waals surface area contributed by atoms with Crippen molar-refractivity contribution in [2.24, 2.45) is 0 Å². The first kappa shape index (κ1) is 16.3. The minimum atomic E-state index is -0.269. The van der Waals surface area contributed by atoms with Gasteiger partial charge in [-0.2, -0.15) is 0 Å². The first-order chi connectivity index (χ1) is 11.2. The van der Waals surface area contributed by atoms with Crippen molar-refractivity contribution in [2.75, 3.05) is 39.4 Å². The molecule has 0 saturated carbocycles. The second-order valence-corrected chi connectivity index (χ2v) is 5.93. The van der Waals surface area contributed by atoms with Crippen LogP contribution < -0.4 is 16.2 Å². The highest BCUT2D eigenvalue weighted by Crippen LogP contribution is 2.22. The average Bonchev–Trinajstić information content (AvgIpc) is 3.06. The Balaban J connectivity index is 1.41. The molecule has 6 nitrogen and oxygen atoms in total. The van der Waals surface area contributed by atoms with Crippen LogP contribution in [0.2, 0.25) is 0 Å². The first-order valence-electron chi connectivity index (χ1n) is 8.07. The van der Waals surface area contributed by atoms with Crippen molar-refractivity contribution in [1.29, 1.82) is 0 Å². The normalized spacial score (nSPS) is 25.4. The number of nitrogens with zero attached hydrogens (tertiary/aromatic N) is 1. The number of amides is 1. The van der Waals surface area contributed by atoms with Gasteiger partial charge in [-0.3, -0.25) is 9.69 Å². The van der Waals surface area contributed by atoms with E-state index in [4.69, 9.17) is 4.74 Å². The third-order valence-electron chi connectivity index (χ3n) is 4.32. The van der Waals surface area contributed by atoms with Crippen LogP contribution in [0.3, 0.4) is 0 Å². The number of morpholine rings is 1. The molecule has 2 unspecified atom stereocenters. The Hall–Kier alpha value is -1.54. The van der Waals surface area contributed by atoms with Crippen LogP contribution >= 0.6 is 0 Å². The van der Waals surface area contributed by atoms with Crippen molar-refractivity contribution in [3.8, 4) is 0 Å². The molecule has 0 aromatic heterocycles. The minimum absolute atomic E-state index is 0.00429. The van der Waals surface area contributed by atoms with E-state index in [9.17, 15) is 9.18 Å². The number of rotatable bonds is 5. The van der Waals surface area contributed by atoms with Crippen LogP contribution in [0.4, 0.5) is 4.39 Å². The lowest BCUT2D eigenvalue weighted by Crippen LogP contribution is -2.46. The molecule has 0 bridgehead atoms. The van der Waals surface area contributed by atoms with E-state index in [1.54, 1.807) is 12.1 Å². The summed E-state index contributed by atoms with van der Waals surface area (Å²) in [4.78, 5) is 14.5. The van der Waals surface area contributed by atoms with Crippen molar-refractivity contribution < 1.29 is 13.9 Å². The zero-order valence-corrected chi connectivity index (χ0v) is 13.1. The molecule has 2 aliphatic rings. The minimum Gasteiger partial charge on any atom is -0.379 e. The van der Waals surface area contributed by atoms with Crippen LogP contribution in [0.25, 0.3) is 0 Å². The largest absolute Gasteiger partial charge is 0.379 e. The standard InChI is InChI=1S/C16H23FN4O2/c17-13-3-1-12(2-4-13)14-11-15(20-19-14)16(22)18-5-6-21-7-9-23-10-8-21/h1-4,14-15,19-20H,5-11H2,(H,18,22). The molecular weight excluding hydrogens is 299 g/mol. The summed E-state index contributed by atoms with van der Waals surface area (Å²) in [6.45, 7) is 4.86. The summed E-state index contributed by atoms with van der Waals surface area (Å²) in [5.74, 6) is -0.257. The molecule has 1 aromatic carbocycles. The van der Waals surface area contributed by atoms with E-state index in [-0.39, 0.29) is 23.8 Å². The number of benzene rings is 1. The Morgan fingerprint density at radius 2 is 2.00 bits per heavy atom. The molecule has 23 heavy (non-hydrogen) atoms. The summed E-state index contributed by atoms with van der Waals surface area (Å²) in [7, 11) is 0. The van der Waals surface area contributed by atoms with Crippen molar-refractivity contribution in [3.63, 3.8) is 0 Å². The van der Waals surface area contributed by atoms with E-state index in [1.165, 1.54) is 12.1 Å². The van der Waals surface area contributed by atoms with E-state index in [0.717, 1.165) is 38.4 Å². The molecule has 7 heteroatoms. The van der Waals surface area contributed by atoms with Crippen molar-refractivity contribution in [1.82, 2.24) is 21.1 Å². The number of carbonyl (C=O) groups excluding carboxylic acids is 1. The molecule has 0 spiro atoms. The predicted octanol–water partition coefficient (Wildman–Crippen LogP) is 0.182. The highest BCUT2D eigenvalue weighted by atomic mass is 19.1. The van der Waals surface area contributed by atoms with Crippen LogP contribution in [-0.2, 0) is 9.53 Å². The fraction of sp³-hybridized carbons (Fsp3) is 0.562. The van der Waals surface area contributed by atoms with E-state index in [1.807, 2.05) is 0 Å². The summed E-state index contributed by atoms with van der Waals surface area (Å²) in [6.07, 6.45) is 0.648. The maximum Gasteiger partial charge on any atom is 0.238 e. The molecule has 2 fully saturated rings. The maximum atomic E-state index is 13.0. The van der Waals surface area contributed by atoms with Gasteiger partial charge in [-0.05, 0) is 24.1 Å². The summed E-state index contributed by atoms with van der Waals surface area (Å²) >= 11 is 0. The van der Waals surface area contributed by atoms with Gasteiger partial charge in [0.15, 0.2) is 0 Å². The van der Waals surface area contributed by atoms with Gasteiger partial charge in [0.1, 0.15) is 11.9 Å². The Bertz CT molecular complexity index is 519. The fourth-order valence-electron chi connectivity index (χ4n) is 2.93. The van der Waals surface area contributed by atoms with Gasteiger partial charge in [-0.25, -0.2) is 15.2 Å². The van der Waals surface area contributed by atoms with Gasteiger partial charge in [-0.1, -0.05) is 12.1 Å². The number of hydrogen-bond donors (Lipinski definition) is 3. The van der Waals surface area contributed by atoms with Gasteiger partial charge in [-0.15, -0.1) is 0 Å². The van der Waals surface area contributed by atoms with E-state index < -0.39 is 0 Å². The number of hydrazine groups is 1. The van der Waals surface area contributed by atoms with Gasteiger partial charge in [0.2, 0.25) is 5.91 Å². The summed E-state index contributed by atoms with van der Waals surface area (Å²) in [6, 6.07) is 6.11. The van der Waals surface area contributed by atoms with E-state index in [2.05, 4.69) is 21.1 Å². The highest BCUT2D eigenvalue weighted by molar-refractivity contribution is 5.82. The smallest absolute Gasteiger partial charge is 0.238 e. The monoisotopic (exact) mass is 322 g/mol. The van der Waals surface area contributed by atoms with Gasteiger partial charge >= 0.3 is 0 Å².